The SMILES string of the molecule is CC(C#N)S(=O)(=O)NC(C)(C)C1CC1. The highest BCUT2D eigenvalue weighted by molar-refractivity contribution is 7.90. The monoisotopic (exact) mass is 216 g/mol. The van der Waals surface area contributed by atoms with Crippen LogP contribution in [0, 0.1) is 17.2 Å². The average molecular weight is 216 g/mol. The number of hydrogen-bond acceptors (Lipinski definition) is 3. The molecular weight excluding hydrogens is 200 g/mol. The smallest absolute Gasteiger partial charge is 0.211 e. The molecule has 0 aromatic carbocycles. The van der Waals surface area contributed by atoms with E-state index >= 15 is 0 Å². The highest BCUT2D eigenvalue weighted by Gasteiger charge is 2.41. The molecule has 4 nitrogen and oxygen atoms in total. The summed E-state index contributed by atoms with van der Waals surface area (Å²) in [6, 6.07) is 1.74. The Morgan fingerprint density at radius 2 is 2.00 bits per heavy atom. The minimum Gasteiger partial charge on any atom is -0.211 e. The van der Waals surface area contributed by atoms with Crippen molar-refractivity contribution in [1.29, 1.82) is 5.26 Å². The first-order chi connectivity index (χ1) is 6.29. The van der Waals surface area contributed by atoms with Crippen LogP contribution in [0.25, 0.3) is 0 Å². The zero-order valence-electron chi connectivity index (χ0n) is 8.74. The molecule has 0 bridgehead atoms. The molecule has 1 rings (SSSR count). The van der Waals surface area contributed by atoms with Crippen molar-refractivity contribution in [3.05, 3.63) is 0 Å². The van der Waals surface area contributed by atoms with Gasteiger partial charge >= 0.3 is 0 Å². The van der Waals surface area contributed by atoms with E-state index in [0.29, 0.717) is 5.92 Å². The second-order valence-corrected chi connectivity index (χ2v) is 6.42. The summed E-state index contributed by atoms with van der Waals surface area (Å²) in [5, 5.41) is 7.57. The molecule has 1 saturated carbocycles. The third kappa shape index (κ3) is 2.46. The molecule has 0 heterocycles. The van der Waals surface area contributed by atoms with Crippen LogP contribution in [-0.4, -0.2) is 19.2 Å². The summed E-state index contributed by atoms with van der Waals surface area (Å²) in [7, 11) is -3.48. The third-order valence-electron chi connectivity index (χ3n) is 2.65. The minimum absolute atomic E-state index is 0.413. The Bertz CT molecular complexity index is 349. The van der Waals surface area contributed by atoms with Crippen molar-refractivity contribution >= 4 is 10.0 Å². The van der Waals surface area contributed by atoms with Gasteiger partial charge < -0.3 is 0 Å². The van der Waals surface area contributed by atoms with E-state index in [4.69, 9.17) is 5.26 Å². The van der Waals surface area contributed by atoms with Gasteiger partial charge in [0.05, 0.1) is 6.07 Å². The molecule has 0 aromatic heterocycles. The van der Waals surface area contributed by atoms with Crippen LogP contribution in [0.3, 0.4) is 0 Å². The molecule has 80 valence electrons. The topological polar surface area (TPSA) is 70.0 Å². The van der Waals surface area contributed by atoms with E-state index in [1.807, 2.05) is 13.8 Å². The Labute approximate surface area is 85.4 Å². The van der Waals surface area contributed by atoms with Crippen molar-refractivity contribution in [2.24, 2.45) is 5.92 Å². The Morgan fingerprint density at radius 3 is 2.36 bits per heavy atom. The Hall–Kier alpha value is -0.600. The first-order valence-electron chi connectivity index (χ1n) is 4.72. The van der Waals surface area contributed by atoms with Gasteiger partial charge in [0.25, 0.3) is 0 Å². The summed E-state index contributed by atoms with van der Waals surface area (Å²) >= 11 is 0. The zero-order chi connectivity index (χ0) is 11.0. The van der Waals surface area contributed by atoms with Gasteiger partial charge in [0.2, 0.25) is 10.0 Å². The molecule has 0 aromatic rings. The molecular formula is C9H16N2O2S. The molecule has 0 aliphatic heterocycles. The van der Waals surface area contributed by atoms with Crippen LogP contribution in [0.5, 0.6) is 0 Å². The molecule has 0 amide bonds. The van der Waals surface area contributed by atoms with E-state index in [9.17, 15) is 8.42 Å². The van der Waals surface area contributed by atoms with Crippen molar-refractivity contribution in [2.75, 3.05) is 0 Å². The number of nitrogens with one attached hydrogen (secondary N) is 1. The van der Waals surface area contributed by atoms with E-state index in [2.05, 4.69) is 4.72 Å². The van der Waals surface area contributed by atoms with Gasteiger partial charge in [0.1, 0.15) is 0 Å². The van der Waals surface area contributed by atoms with Crippen molar-refractivity contribution in [1.82, 2.24) is 4.72 Å². The Kier molecular flexibility index (Phi) is 2.88. The fourth-order valence-corrected chi connectivity index (χ4v) is 2.63. The van der Waals surface area contributed by atoms with E-state index in [1.54, 1.807) is 6.07 Å². The maximum absolute atomic E-state index is 11.6. The molecule has 1 aliphatic carbocycles. The summed E-state index contributed by atoms with van der Waals surface area (Å²) in [6.07, 6.45) is 2.13. The maximum Gasteiger partial charge on any atom is 0.228 e. The maximum atomic E-state index is 11.6. The fourth-order valence-electron chi connectivity index (χ4n) is 1.41. The fraction of sp³-hybridized carbons (Fsp3) is 0.889. The lowest BCUT2D eigenvalue weighted by Gasteiger charge is -2.26. The highest BCUT2D eigenvalue weighted by Crippen LogP contribution is 2.39. The predicted molar refractivity (Wildman–Crippen MR) is 53.9 cm³/mol. The van der Waals surface area contributed by atoms with Crippen LogP contribution >= 0.6 is 0 Å². The highest BCUT2D eigenvalue weighted by atomic mass is 32.2. The summed E-state index contributed by atoms with van der Waals surface area (Å²) in [5.74, 6) is 0.420. The van der Waals surface area contributed by atoms with E-state index in [1.165, 1.54) is 6.92 Å². The van der Waals surface area contributed by atoms with Crippen molar-refractivity contribution < 1.29 is 8.42 Å². The summed E-state index contributed by atoms with van der Waals surface area (Å²) in [5.41, 5.74) is -0.413. The summed E-state index contributed by atoms with van der Waals surface area (Å²) in [6.45, 7) is 5.13. The van der Waals surface area contributed by atoms with Crippen LogP contribution in [-0.2, 0) is 10.0 Å². The summed E-state index contributed by atoms with van der Waals surface area (Å²) in [4.78, 5) is 0. The lowest BCUT2D eigenvalue weighted by atomic mass is 10.0. The number of nitriles is 1. The lowest BCUT2D eigenvalue weighted by Crippen LogP contribution is -2.48. The zero-order valence-corrected chi connectivity index (χ0v) is 9.56. The number of hydrogen-bond donors (Lipinski definition) is 1. The molecule has 1 unspecified atom stereocenters. The molecule has 1 N–H and O–H groups in total. The van der Waals surface area contributed by atoms with Crippen LogP contribution in [0.1, 0.15) is 33.6 Å². The molecule has 0 radical (unpaired) electrons. The van der Waals surface area contributed by atoms with E-state index in [-0.39, 0.29) is 0 Å². The van der Waals surface area contributed by atoms with Gasteiger partial charge in [0, 0.05) is 5.54 Å². The van der Waals surface area contributed by atoms with Gasteiger partial charge in [-0.1, -0.05) is 0 Å². The van der Waals surface area contributed by atoms with Gasteiger partial charge in [0.15, 0.2) is 5.25 Å². The van der Waals surface area contributed by atoms with Crippen molar-refractivity contribution in [3.63, 3.8) is 0 Å². The van der Waals surface area contributed by atoms with Gasteiger partial charge in [-0.2, -0.15) is 5.26 Å². The molecule has 14 heavy (non-hydrogen) atoms. The lowest BCUT2D eigenvalue weighted by molar-refractivity contribution is 0.399. The Morgan fingerprint density at radius 1 is 1.50 bits per heavy atom. The van der Waals surface area contributed by atoms with Crippen LogP contribution in [0.15, 0.2) is 0 Å². The second-order valence-electron chi connectivity index (χ2n) is 4.41. The van der Waals surface area contributed by atoms with E-state index in [0.717, 1.165) is 12.8 Å². The van der Waals surface area contributed by atoms with Gasteiger partial charge in [-0.3, -0.25) is 0 Å². The average Bonchev–Trinajstić information content (AvgIpc) is 2.82. The number of nitrogens with zero attached hydrogens (tertiary/aromatic N) is 1. The second kappa shape index (κ2) is 3.52. The van der Waals surface area contributed by atoms with E-state index < -0.39 is 20.8 Å². The van der Waals surface area contributed by atoms with Crippen molar-refractivity contribution in [3.8, 4) is 6.07 Å². The quantitative estimate of drug-likeness (QED) is 0.762. The van der Waals surface area contributed by atoms with Gasteiger partial charge in [-0.15, -0.1) is 0 Å². The normalized spacial score (nSPS) is 20.1. The molecule has 0 saturated heterocycles. The van der Waals surface area contributed by atoms with Crippen LogP contribution < -0.4 is 4.72 Å². The molecule has 1 atom stereocenters. The molecule has 0 spiro atoms. The van der Waals surface area contributed by atoms with Crippen LogP contribution in [0.4, 0.5) is 0 Å². The molecule has 1 fully saturated rings. The van der Waals surface area contributed by atoms with Crippen LogP contribution in [0.2, 0.25) is 0 Å². The van der Waals surface area contributed by atoms with Crippen molar-refractivity contribution in [2.45, 2.75) is 44.4 Å². The first-order valence-corrected chi connectivity index (χ1v) is 6.26. The largest absolute Gasteiger partial charge is 0.228 e. The minimum atomic E-state index is -3.48. The summed E-state index contributed by atoms with van der Waals surface area (Å²) < 4.78 is 25.7. The number of sulfonamides is 1. The molecule has 1 aliphatic rings. The molecule has 5 heteroatoms. The predicted octanol–water partition coefficient (Wildman–Crippen LogP) is 1.01. The third-order valence-corrected chi connectivity index (χ3v) is 4.50. The first kappa shape index (κ1) is 11.5. The Balaban J connectivity index is 2.73. The van der Waals surface area contributed by atoms with Gasteiger partial charge in [-0.25, -0.2) is 13.1 Å². The number of rotatable bonds is 4. The standard InChI is InChI=1S/C9H16N2O2S/c1-7(6-10)14(12,13)11-9(2,3)8-4-5-8/h7-8,11H,4-5H2,1-3H3. The van der Waals surface area contributed by atoms with Gasteiger partial charge in [-0.05, 0) is 39.5 Å².